The number of ether oxygens (including phenoxy) is 2. The summed E-state index contributed by atoms with van der Waals surface area (Å²) in [5.41, 5.74) is 4.12. The summed E-state index contributed by atoms with van der Waals surface area (Å²) in [6.45, 7) is 6.90. The average Bonchev–Trinajstić information content (AvgIpc) is 3.34. The van der Waals surface area contributed by atoms with Crippen LogP contribution in [-0.4, -0.2) is 52.2 Å². The first-order valence-corrected chi connectivity index (χ1v) is 12.5. The SMILES string of the molecule is CCOc1ccc(-c2nn(-c3ccccc3)cc2/C=C2/C(=O)N(CCOC(C)=O)C(=O)C(C#N)=C2C)cc1C. The first-order chi connectivity index (χ1) is 18.7. The first kappa shape index (κ1) is 27.1. The van der Waals surface area contributed by atoms with Crippen LogP contribution < -0.4 is 4.74 Å². The summed E-state index contributed by atoms with van der Waals surface area (Å²) >= 11 is 0. The fourth-order valence-corrected chi connectivity index (χ4v) is 4.31. The van der Waals surface area contributed by atoms with E-state index in [4.69, 9.17) is 14.6 Å². The minimum atomic E-state index is -0.716. The van der Waals surface area contributed by atoms with Crippen LogP contribution in [0.3, 0.4) is 0 Å². The van der Waals surface area contributed by atoms with Crippen molar-refractivity contribution in [2.75, 3.05) is 19.8 Å². The highest BCUT2D eigenvalue weighted by molar-refractivity contribution is 6.19. The van der Waals surface area contributed by atoms with Crippen molar-refractivity contribution in [1.29, 1.82) is 5.26 Å². The summed E-state index contributed by atoms with van der Waals surface area (Å²) in [5, 5.41) is 14.5. The molecular weight excluding hydrogens is 496 g/mol. The van der Waals surface area contributed by atoms with Gasteiger partial charge in [-0.1, -0.05) is 18.2 Å². The van der Waals surface area contributed by atoms with Gasteiger partial charge in [-0.3, -0.25) is 19.3 Å². The molecular formula is C30H28N4O5. The highest BCUT2D eigenvalue weighted by atomic mass is 16.5. The molecule has 9 nitrogen and oxygen atoms in total. The molecule has 2 amide bonds. The van der Waals surface area contributed by atoms with Gasteiger partial charge in [0.25, 0.3) is 11.8 Å². The third-order valence-electron chi connectivity index (χ3n) is 6.26. The zero-order chi connectivity index (χ0) is 28.1. The van der Waals surface area contributed by atoms with E-state index in [2.05, 4.69) is 0 Å². The Bertz CT molecular complexity index is 1540. The van der Waals surface area contributed by atoms with Gasteiger partial charge in [-0.2, -0.15) is 10.4 Å². The molecule has 0 unspecified atom stereocenters. The highest BCUT2D eigenvalue weighted by Crippen LogP contribution is 2.33. The van der Waals surface area contributed by atoms with Gasteiger partial charge in [0.1, 0.15) is 24.0 Å². The van der Waals surface area contributed by atoms with Crippen LogP contribution in [-0.2, 0) is 19.1 Å². The number of carbonyl (C=O) groups excluding carboxylic acids is 3. The second-order valence-corrected chi connectivity index (χ2v) is 8.90. The molecule has 0 N–H and O–H groups in total. The molecule has 1 aliphatic heterocycles. The molecule has 1 aromatic heterocycles. The second-order valence-electron chi connectivity index (χ2n) is 8.90. The Labute approximate surface area is 226 Å². The Morgan fingerprint density at radius 1 is 1.10 bits per heavy atom. The molecule has 0 radical (unpaired) electrons. The molecule has 0 spiro atoms. The van der Waals surface area contributed by atoms with Gasteiger partial charge >= 0.3 is 5.97 Å². The molecule has 0 atom stereocenters. The van der Waals surface area contributed by atoms with Crippen LogP contribution in [0.2, 0.25) is 0 Å². The molecule has 0 bridgehead atoms. The minimum Gasteiger partial charge on any atom is -0.494 e. The first-order valence-electron chi connectivity index (χ1n) is 12.5. The van der Waals surface area contributed by atoms with Crippen molar-refractivity contribution in [3.8, 4) is 28.8 Å². The molecule has 4 rings (SSSR count). The smallest absolute Gasteiger partial charge is 0.302 e. The van der Waals surface area contributed by atoms with Crippen molar-refractivity contribution in [2.45, 2.75) is 27.7 Å². The molecule has 2 heterocycles. The lowest BCUT2D eigenvalue weighted by Crippen LogP contribution is -2.44. The molecule has 1 aliphatic rings. The number of amides is 2. The van der Waals surface area contributed by atoms with Crippen molar-refractivity contribution in [3.63, 3.8) is 0 Å². The number of benzene rings is 2. The zero-order valence-corrected chi connectivity index (χ0v) is 22.2. The Hall–Kier alpha value is -4.97. The van der Waals surface area contributed by atoms with Crippen LogP contribution in [0.25, 0.3) is 23.0 Å². The molecule has 0 saturated heterocycles. The number of nitriles is 1. The minimum absolute atomic E-state index is 0.141. The Kier molecular flexibility index (Phi) is 8.06. The molecule has 0 aliphatic carbocycles. The van der Waals surface area contributed by atoms with Crippen LogP contribution >= 0.6 is 0 Å². The van der Waals surface area contributed by atoms with Crippen molar-refractivity contribution < 1.29 is 23.9 Å². The van der Waals surface area contributed by atoms with E-state index in [1.165, 1.54) is 6.92 Å². The van der Waals surface area contributed by atoms with E-state index in [1.807, 2.05) is 68.4 Å². The van der Waals surface area contributed by atoms with Crippen LogP contribution in [0.15, 0.2) is 71.4 Å². The van der Waals surface area contributed by atoms with Crippen LogP contribution in [0.1, 0.15) is 31.9 Å². The van der Waals surface area contributed by atoms with Gasteiger partial charge in [-0.25, -0.2) is 4.68 Å². The van der Waals surface area contributed by atoms with Gasteiger partial charge in [-0.05, 0) is 68.3 Å². The summed E-state index contributed by atoms with van der Waals surface area (Å²) in [6.07, 6.45) is 3.45. The molecule has 3 aromatic rings. The van der Waals surface area contributed by atoms with Crippen LogP contribution in [0, 0.1) is 18.3 Å². The van der Waals surface area contributed by atoms with E-state index in [9.17, 15) is 19.6 Å². The van der Waals surface area contributed by atoms with E-state index in [-0.39, 0.29) is 29.9 Å². The zero-order valence-electron chi connectivity index (χ0n) is 22.2. The predicted octanol–water partition coefficient (Wildman–Crippen LogP) is 4.40. The number of para-hydroxylation sites is 1. The summed E-state index contributed by atoms with van der Waals surface area (Å²) < 4.78 is 12.3. The highest BCUT2D eigenvalue weighted by Gasteiger charge is 2.35. The van der Waals surface area contributed by atoms with Gasteiger partial charge in [0, 0.05) is 29.8 Å². The predicted molar refractivity (Wildman–Crippen MR) is 145 cm³/mol. The number of imide groups is 1. The number of aromatic nitrogens is 2. The number of esters is 1. The van der Waals surface area contributed by atoms with E-state index in [1.54, 1.807) is 23.9 Å². The number of nitrogens with zero attached hydrogens (tertiary/aromatic N) is 4. The standard InChI is InChI=1S/C30H28N4O5/c1-5-38-27-12-11-22(15-19(27)2)28-23(18-34(32-28)24-9-7-6-8-10-24)16-25-20(3)26(17-31)30(37)33(29(25)36)13-14-39-21(4)35/h6-12,15-16,18H,5,13-14H2,1-4H3/b25-16+. The number of hydrogen-bond donors (Lipinski definition) is 0. The van der Waals surface area contributed by atoms with Crippen LogP contribution in [0.4, 0.5) is 0 Å². The average molecular weight is 525 g/mol. The second kappa shape index (κ2) is 11.6. The largest absolute Gasteiger partial charge is 0.494 e. The van der Waals surface area contributed by atoms with Crippen molar-refractivity contribution >= 4 is 23.9 Å². The molecule has 9 heteroatoms. The number of aryl methyl sites for hydroxylation is 1. The lowest BCUT2D eigenvalue weighted by atomic mass is 9.93. The molecule has 0 saturated carbocycles. The maximum absolute atomic E-state index is 13.5. The summed E-state index contributed by atoms with van der Waals surface area (Å²) in [7, 11) is 0. The van der Waals surface area contributed by atoms with E-state index in [0.717, 1.165) is 27.5 Å². The number of carbonyl (C=O) groups is 3. The lowest BCUT2D eigenvalue weighted by molar-refractivity contribution is -0.147. The van der Waals surface area contributed by atoms with Gasteiger partial charge in [0.15, 0.2) is 0 Å². The van der Waals surface area contributed by atoms with Crippen LogP contribution in [0.5, 0.6) is 5.75 Å². The third-order valence-corrected chi connectivity index (χ3v) is 6.26. The Morgan fingerprint density at radius 3 is 2.49 bits per heavy atom. The normalized spacial score (nSPS) is 14.5. The van der Waals surface area contributed by atoms with E-state index in [0.29, 0.717) is 17.9 Å². The maximum atomic E-state index is 13.5. The summed E-state index contributed by atoms with van der Waals surface area (Å²) in [4.78, 5) is 38.5. The third kappa shape index (κ3) is 5.65. The van der Waals surface area contributed by atoms with Crippen molar-refractivity contribution in [1.82, 2.24) is 14.7 Å². The van der Waals surface area contributed by atoms with Gasteiger partial charge in [-0.15, -0.1) is 0 Å². The molecule has 2 aromatic carbocycles. The van der Waals surface area contributed by atoms with Crippen molar-refractivity contribution in [3.05, 3.63) is 82.6 Å². The van der Waals surface area contributed by atoms with E-state index >= 15 is 0 Å². The number of hydrogen-bond acceptors (Lipinski definition) is 7. The Balaban J connectivity index is 1.85. The molecule has 39 heavy (non-hydrogen) atoms. The van der Waals surface area contributed by atoms with Crippen molar-refractivity contribution in [2.24, 2.45) is 0 Å². The maximum Gasteiger partial charge on any atom is 0.302 e. The fraction of sp³-hybridized carbons (Fsp3) is 0.233. The van der Waals surface area contributed by atoms with Gasteiger partial charge in [0.05, 0.1) is 24.5 Å². The van der Waals surface area contributed by atoms with Gasteiger partial charge in [0.2, 0.25) is 0 Å². The van der Waals surface area contributed by atoms with E-state index < -0.39 is 17.8 Å². The van der Waals surface area contributed by atoms with Gasteiger partial charge < -0.3 is 9.47 Å². The molecule has 198 valence electrons. The Morgan fingerprint density at radius 2 is 1.85 bits per heavy atom. The molecule has 0 fully saturated rings. The quantitative estimate of drug-likeness (QED) is 0.244. The summed E-state index contributed by atoms with van der Waals surface area (Å²) in [6, 6.07) is 17.2. The number of rotatable bonds is 8. The summed E-state index contributed by atoms with van der Waals surface area (Å²) in [5.74, 6) is -1.06. The monoisotopic (exact) mass is 524 g/mol. The fourth-order valence-electron chi connectivity index (χ4n) is 4.31. The lowest BCUT2D eigenvalue weighted by Gasteiger charge is -2.27. The topological polar surface area (TPSA) is 115 Å².